The standard InChI is InChI=1S/C14H8Cl2N4O/c1-2-6-20-12-10(13(16)19-20)4-3-5-11(12)21-14-17-7-9(15)8-18-14/h1,3-5,7-8H,6H2. The summed E-state index contributed by atoms with van der Waals surface area (Å²) in [5.74, 6) is 3.04. The summed E-state index contributed by atoms with van der Waals surface area (Å²) in [6, 6.07) is 5.59. The fourth-order valence-corrected chi connectivity index (χ4v) is 2.24. The highest BCUT2D eigenvalue weighted by Gasteiger charge is 2.14. The number of rotatable bonds is 3. The van der Waals surface area contributed by atoms with Crippen LogP contribution in [0.25, 0.3) is 10.9 Å². The molecule has 3 aromatic rings. The minimum Gasteiger partial charge on any atom is -0.422 e. The third kappa shape index (κ3) is 2.64. The molecule has 0 aliphatic carbocycles. The van der Waals surface area contributed by atoms with Gasteiger partial charge in [0.1, 0.15) is 12.1 Å². The lowest BCUT2D eigenvalue weighted by Gasteiger charge is -2.06. The van der Waals surface area contributed by atoms with Crippen LogP contribution < -0.4 is 4.74 Å². The third-order valence-corrected chi connectivity index (χ3v) is 3.20. The van der Waals surface area contributed by atoms with E-state index in [4.69, 9.17) is 34.4 Å². The highest BCUT2D eigenvalue weighted by atomic mass is 35.5. The highest BCUT2D eigenvalue weighted by Crippen LogP contribution is 2.32. The Morgan fingerprint density at radius 2 is 2.00 bits per heavy atom. The summed E-state index contributed by atoms with van der Waals surface area (Å²) in [5.41, 5.74) is 0.694. The number of benzene rings is 1. The number of ether oxygens (including phenoxy) is 1. The monoisotopic (exact) mass is 318 g/mol. The molecule has 5 nitrogen and oxygen atoms in total. The van der Waals surface area contributed by atoms with Gasteiger partial charge >= 0.3 is 6.01 Å². The van der Waals surface area contributed by atoms with Gasteiger partial charge in [0.2, 0.25) is 0 Å². The molecule has 0 saturated carbocycles. The van der Waals surface area contributed by atoms with Crippen LogP contribution >= 0.6 is 23.2 Å². The Kier molecular flexibility index (Phi) is 3.65. The molecule has 0 amide bonds. The lowest BCUT2D eigenvalue weighted by molar-refractivity contribution is 0.443. The van der Waals surface area contributed by atoms with Crippen molar-refractivity contribution < 1.29 is 4.74 Å². The summed E-state index contributed by atoms with van der Waals surface area (Å²) in [7, 11) is 0. The van der Waals surface area contributed by atoms with E-state index >= 15 is 0 Å². The topological polar surface area (TPSA) is 52.8 Å². The van der Waals surface area contributed by atoms with Gasteiger partial charge in [0.15, 0.2) is 10.9 Å². The van der Waals surface area contributed by atoms with E-state index in [9.17, 15) is 0 Å². The lowest BCUT2D eigenvalue weighted by Crippen LogP contribution is -1.99. The Morgan fingerprint density at radius 1 is 1.24 bits per heavy atom. The summed E-state index contributed by atoms with van der Waals surface area (Å²) >= 11 is 11.8. The Morgan fingerprint density at radius 3 is 2.71 bits per heavy atom. The average Bonchev–Trinajstić information content (AvgIpc) is 2.80. The van der Waals surface area contributed by atoms with Crippen molar-refractivity contribution >= 4 is 34.1 Å². The molecule has 0 saturated heterocycles. The molecule has 0 N–H and O–H groups in total. The number of hydrogen-bond acceptors (Lipinski definition) is 4. The first-order valence-corrected chi connectivity index (χ1v) is 6.68. The van der Waals surface area contributed by atoms with Crippen LogP contribution in [0.15, 0.2) is 30.6 Å². The Bertz CT molecular complexity index is 837. The maximum Gasteiger partial charge on any atom is 0.322 e. The van der Waals surface area contributed by atoms with E-state index in [1.54, 1.807) is 16.8 Å². The third-order valence-electron chi connectivity index (χ3n) is 2.73. The number of hydrogen-bond donors (Lipinski definition) is 0. The van der Waals surface area contributed by atoms with Crippen LogP contribution in [0.5, 0.6) is 11.8 Å². The number of fused-ring (bicyclic) bond motifs is 1. The van der Waals surface area contributed by atoms with E-state index in [0.717, 1.165) is 5.39 Å². The van der Waals surface area contributed by atoms with Gasteiger partial charge in [-0.05, 0) is 12.1 Å². The minimum atomic E-state index is 0.177. The zero-order chi connectivity index (χ0) is 14.8. The first-order chi connectivity index (χ1) is 10.2. The van der Waals surface area contributed by atoms with E-state index in [1.807, 2.05) is 6.07 Å². The molecule has 2 aromatic heterocycles. The molecule has 21 heavy (non-hydrogen) atoms. The second-order valence-corrected chi connectivity index (χ2v) is 4.89. The zero-order valence-corrected chi connectivity index (χ0v) is 12.1. The van der Waals surface area contributed by atoms with Crippen LogP contribution in [-0.2, 0) is 6.54 Å². The predicted molar refractivity (Wildman–Crippen MR) is 80.7 cm³/mol. The van der Waals surface area contributed by atoms with Crippen molar-refractivity contribution in [3.05, 3.63) is 40.8 Å². The fourth-order valence-electron chi connectivity index (χ4n) is 1.90. The van der Waals surface area contributed by atoms with Crippen molar-refractivity contribution in [3.63, 3.8) is 0 Å². The zero-order valence-electron chi connectivity index (χ0n) is 10.6. The van der Waals surface area contributed by atoms with Crippen LogP contribution in [0.2, 0.25) is 10.2 Å². The molecule has 0 spiro atoms. The lowest BCUT2D eigenvalue weighted by atomic mass is 10.2. The number of para-hydroxylation sites is 1. The van der Waals surface area contributed by atoms with E-state index in [2.05, 4.69) is 21.0 Å². The first-order valence-electron chi connectivity index (χ1n) is 5.93. The first kappa shape index (κ1) is 13.7. The van der Waals surface area contributed by atoms with Crippen LogP contribution in [0.1, 0.15) is 0 Å². The van der Waals surface area contributed by atoms with Crippen molar-refractivity contribution in [1.29, 1.82) is 0 Å². The van der Waals surface area contributed by atoms with Gasteiger partial charge in [-0.25, -0.2) is 14.6 Å². The number of nitrogens with zero attached hydrogens (tertiary/aromatic N) is 4. The molecule has 7 heteroatoms. The van der Waals surface area contributed by atoms with Gasteiger partial charge < -0.3 is 4.74 Å². The van der Waals surface area contributed by atoms with Gasteiger partial charge in [-0.3, -0.25) is 0 Å². The predicted octanol–water partition coefficient (Wildman–Crippen LogP) is 3.56. The molecular weight excluding hydrogens is 311 g/mol. The molecule has 0 aliphatic rings. The van der Waals surface area contributed by atoms with Crippen molar-refractivity contribution in [2.45, 2.75) is 6.54 Å². The van der Waals surface area contributed by atoms with Crippen LogP contribution in [0, 0.1) is 12.3 Å². The summed E-state index contributed by atoms with van der Waals surface area (Å²) in [4.78, 5) is 7.99. The quantitative estimate of drug-likeness (QED) is 0.693. The molecular formula is C14H8Cl2N4O. The molecule has 104 valence electrons. The fraction of sp³-hybridized carbons (Fsp3) is 0.0714. The van der Waals surface area contributed by atoms with Crippen molar-refractivity contribution in [2.75, 3.05) is 0 Å². The molecule has 0 fully saturated rings. The molecule has 2 heterocycles. The van der Waals surface area contributed by atoms with E-state index in [-0.39, 0.29) is 12.6 Å². The Labute approximate surface area is 130 Å². The second-order valence-electron chi connectivity index (χ2n) is 4.09. The summed E-state index contributed by atoms with van der Waals surface area (Å²) < 4.78 is 7.28. The van der Waals surface area contributed by atoms with Gasteiger partial charge in [-0.2, -0.15) is 5.10 Å². The molecule has 0 unspecified atom stereocenters. The van der Waals surface area contributed by atoms with Gasteiger partial charge in [-0.1, -0.05) is 35.2 Å². The minimum absolute atomic E-state index is 0.177. The highest BCUT2D eigenvalue weighted by molar-refractivity contribution is 6.34. The maximum absolute atomic E-state index is 6.10. The largest absolute Gasteiger partial charge is 0.422 e. The molecule has 0 radical (unpaired) electrons. The van der Waals surface area contributed by atoms with Crippen molar-refractivity contribution in [2.24, 2.45) is 0 Å². The van der Waals surface area contributed by atoms with Gasteiger partial charge in [0, 0.05) is 5.39 Å². The van der Waals surface area contributed by atoms with E-state index in [0.29, 0.717) is 21.4 Å². The van der Waals surface area contributed by atoms with Crippen LogP contribution in [-0.4, -0.2) is 19.7 Å². The summed E-state index contributed by atoms with van der Waals surface area (Å²) in [6.07, 6.45) is 8.25. The van der Waals surface area contributed by atoms with Crippen molar-refractivity contribution in [3.8, 4) is 24.1 Å². The van der Waals surface area contributed by atoms with Crippen LogP contribution in [0.4, 0.5) is 0 Å². The van der Waals surface area contributed by atoms with Crippen LogP contribution in [0.3, 0.4) is 0 Å². The molecule has 0 aliphatic heterocycles. The summed E-state index contributed by atoms with van der Waals surface area (Å²) in [5, 5.41) is 5.74. The molecule has 3 rings (SSSR count). The van der Waals surface area contributed by atoms with Gasteiger partial charge in [0.05, 0.1) is 17.4 Å². The Hall–Kier alpha value is -2.29. The molecule has 0 bridgehead atoms. The van der Waals surface area contributed by atoms with Gasteiger partial charge in [-0.15, -0.1) is 6.42 Å². The number of aromatic nitrogens is 4. The SMILES string of the molecule is C#CCn1nc(Cl)c2cccc(Oc3ncc(Cl)cn3)c21. The number of halogens is 2. The Balaban J connectivity index is 2.09. The number of terminal acetylenes is 1. The van der Waals surface area contributed by atoms with Gasteiger partial charge in [0.25, 0.3) is 0 Å². The normalized spacial score (nSPS) is 10.5. The maximum atomic E-state index is 6.10. The molecule has 1 aromatic carbocycles. The molecule has 0 atom stereocenters. The van der Waals surface area contributed by atoms with E-state index < -0.39 is 0 Å². The second kappa shape index (κ2) is 5.60. The van der Waals surface area contributed by atoms with Crippen molar-refractivity contribution in [1.82, 2.24) is 19.7 Å². The average molecular weight is 319 g/mol. The summed E-state index contributed by atoms with van der Waals surface area (Å²) in [6.45, 7) is 0.283. The van der Waals surface area contributed by atoms with E-state index in [1.165, 1.54) is 12.4 Å². The smallest absolute Gasteiger partial charge is 0.322 e.